The van der Waals surface area contributed by atoms with Crippen LogP contribution in [0, 0.1) is 11.6 Å². The summed E-state index contributed by atoms with van der Waals surface area (Å²) in [7, 11) is 1.73. The number of aromatic nitrogens is 2. The minimum absolute atomic E-state index is 0.0232. The maximum absolute atomic E-state index is 13.5. The van der Waals surface area contributed by atoms with Crippen LogP contribution in [-0.2, 0) is 13.7 Å². The van der Waals surface area contributed by atoms with E-state index in [0.717, 1.165) is 12.1 Å². The predicted octanol–water partition coefficient (Wildman–Crippen LogP) is 3.77. The Morgan fingerprint density at radius 1 is 1.28 bits per heavy atom. The number of halogens is 2. The van der Waals surface area contributed by atoms with Crippen LogP contribution in [-0.4, -0.2) is 15.6 Å². The van der Waals surface area contributed by atoms with Crippen LogP contribution in [0.5, 0.6) is 5.75 Å². The number of hydrogen-bond acceptors (Lipinski definition) is 4. The van der Waals surface area contributed by atoms with E-state index in [-0.39, 0.29) is 18.1 Å². The van der Waals surface area contributed by atoms with Gasteiger partial charge in [-0.2, -0.15) is 5.10 Å². The third-order valence-electron chi connectivity index (χ3n) is 3.31. The van der Waals surface area contributed by atoms with E-state index in [2.05, 4.69) is 5.10 Å². The monoisotopic (exact) mass is 344 g/mol. The molecule has 0 radical (unpaired) electrons. The lowest BCUT2D eigenvalue weighted by Crippen LogP contribution is -1.97. The fraction of sp³-hybridized carbons (Fsp3) is 0.111. The SMILES string of the molecule is Cn1ccc(C(=O)/C=C\c2ccc(COc3ccc(F)cc3F)o2)n1. The summed E-state index contributed by atoms with van der Waals surface area (Å²) in [6.07, 6.45) is 4.54. The lowest BCUT2D eigenvalue weighted by molar-refractivity contribution is 0.104. The molecule has 0 saturated carbocycles. The van der Waals surface area contributed by atoms with Gasteiger partial charge in [-0.25, -0.2) is 8.78 Å². The van der Waals surface area contributed by atoms with Gasteiger partial charge in [0, 0.05) is 19.3 Å². The maximum atomic E-state index is 13.5. The summed E-state index contributed by atoms with van der Waals surface area (Å²) in [5.41, 5.74) is 0.334. The maximum Gasteiger partial charge on any atom is 0.206 e. The lowest BCUT2D eigenvalue weighted by Gasteiger charge is -2.05. The highest BCUT2D eigenvalue weighted by Crippen LogP contribution is 2.20. The molecular weight excluding hydrogens is 330 g/mol. The molecule has 7 heteroatoms. The standard InChI is InChI=1S/C18H14F2N2O3/c1-22-9-8-16(21-22)17(23)6-5-13-3-4-14(25-13)11-24-18-7-2-12(19)10-15(18)20/h2-10H,11H2,1H3/b6-5-. The molecule has 0 unspecified atom stereocenters. The number of allylic oxidation sites excluding steroid dienone is 1. The van der Waals surface area contributed by atoms with Crippen molar-refractivity contribution in [3.63, 3.8) is 0 Å². The molecule has 2 aromatic heterocycles. The van der Waals surface area contributed by atoms with Crippen LogP contribution in [0.2, 0.25) is 0 Å². The quantitative estimate of drug-likeness (QED) is 0.505. The van der Waals surface area contributed by atoms with Crippen molar-refractivity contribution in [2.24, 2.45) is 7.05 Å². The number of hydrogen-bond donors (Lipinski definition) is 0. The van der Waals surface area contributed by atoms with E-state index < -0.39 is 11.6 Å². The Balaban J connectivity index is 1.60. The van der Waals surface area contributed by atoms with Crippen molar-refractivity contribution in [3.8, 4) is 5.75 Å². The highest BCUT2D eigenvalue weighted by molar-refractivity contribution is 6.05. The van der Waals surface area contributed by atoms with Crippen molar-refractivity contribution in [3.05, 3.63) is 77.5 Å². The van der Waals surface area contributed by atoms with Gasteiger partial charge in [0.05, 0.1) is 0 Å². The van der Waals surface area contributed by atoms with Crippen molar-refractivity contribution >= 4 is 11.9 Å². The molecular formula is C18H14F2N2O3. The Bertz CT molecular complexity index is 928. The van der Waals surface area contributed by atoms with Crippen molar-refractivity contribution in [2.45, 2.75) is 6.61 Å². The minimum Gasteiger partial charge on any atom is -0.483 e. The fourth-order valence-electron chi connectivity index (χ4n) is 2.09. The molecule has 0 N–H and O–H groups in total. The first-order valence-electron chi connectivity index (χ1n) is 7.40. The first kappa shape index (κ1) is 16.6. The molecule has 0 saturated heterocycles. The van der Waals surface area contributed by atoms with E-state index in [1.54, 1.807) is 31.4 Å². The zero-order valence-electron chi connectivity index (χ0n) is 13.3. The van der Waals surface area contributed by atoms with Crippen LogP contribution in [0.3, 0.4) is 0 Å². The third kappa shape index (κ3) is 4.20. The number of rotatable bonds is 6. The number of carbonyl (C=O) groups excluding carboxylic acids is 1. The third-order valence-corrected chi connectivity index (χ3v) is 3.31. The number of benzene rings is 1. The first-order chi connectivity index (χ1) is 12.0. The highest BCUT2D eigenvalue weighted by atomic mass is 19.1. The average molecular weight is 344 g/mol. The molecule has 128 valence electrons. The Hall–Kier alpha value is -3.22. The number of ketones is 1. The number of furan rings is 1. The second-order valence-corrected chi connectivity index (χ2v) is 5.24. The summed E-state index contributed by atoms with van der Waals surface area (Å²) >= 11 is 0. The molecule has 25 heavy (non-hydrogen) atoms. The Kier molecular flexibility index (Phi) is 4.74. The predicted molar refractivity (Wildman–Crippen MR) is 86.0 cm³/mol. The van der Waals surface area contributed by atoms with Crippen LogP contribution in [0.4, 0.5) is 8.78 Å². The zero-order valence-corrected chi connectivity index (χ0v) is 13.3. The summed E-state index contributed by atoms with van der Waals surface area (Å²) in [6, 6.07) is 7.98. The molecule has 0 bridgehead atoms. The Labute approximate surface area is 142 Å². The normalized spacial score (nSPS) is 11.2. The van der Waals surface area contributed by atoms with Crippen molar-refractivity contribution in [1.82, 2.24) is 9.78 Å². The van der Waals surface area contributed by atoms with E-state index in [1.165, 1.54) is 22.9 Å². The molecule has 0 amide bonds. The van der Waals surface area contributed by atoms with Crippen molar-refractivity contribution < 1.29 is 22.7 Å². The Morgan fingerprint density at radius 3 is 2.84 bits per heavy atom. The van der Waals surface area contributed by atoms with E-state index >= 15 is 0 Å². The highest BCUT2D eigenvalue weighted by Gasteiger charge is 2.08. The van der Waals surface area contributed by atoms with E-state index in [0.29, 0.717) is 17.2 Å². The molecule has 3 rings (SSSR count). The van der Waals surface area contributed by atoms with E-state index in [9.17, 15) is 13.6 Å². The van der Waals surface area contributed by atoms with Gasteiger partial charge < -0.3 is 9.15 Å². The van der Waals surface area contributed by atoms with E-state index in [1.807, 2.05) is 0 Å². The molecule has 2 heterocycles. The second-order valence-electron chi connectivity index (χ2n) is 5.24. The summed E-state index contributed by atoms with van der Waals surface area (Å²) in [6.45, 7) is -0.0232. The minimum atomic E-state index is -0.785. The molecule has 3 aromatic rings. The zero-order chi connectivity index (χ0) is 17.8. The van der Waals surface area contributed by atoms with Crippen LogP contribution in [0.25, 0.3) is 6.08 Å². The van der Waals surface area contributed by atoms with Gasteiger partial charge in [-0.1, -0.05) is 0 Å². The molecule has 0 aliphatic rings. The number of nitrogens with zero attached hydrogens (tertiary/aromatic N) is 2. The molecule has 0 atom stereocenters. The van der Waals surface area contributed by atoms with Gasteiger partial charge in [0.2, 0.25) is 5.78 Å². The van der Waals surface area contributed by atoms with Crippen molar-refractivity contribution in [1.29, 1.82) is 0 Å². The van der Waals surface area contributed by atoms with Crippen LogP contribution >= 0.6 is 0 Å². The smallest absolute Gasteiger partial charge is 0.206 e. The number of carbonyl (C=O) groups is 1. The Morgan fingerprint density at radius 2 is 2.12 bits per heavy atom. The number of aryl methyl sites for hydroxylation is 1. The fourth-order valence-corrected chi connectivity index (χ4v) is 2.09. The van der Waals surface area contributed by atoms with Crippen LogP contribution < -0.4 is 4.74 Å². The molecule has 0 aliphatic heterocycles. The first-order valence-corrected chi connectivity index (χ1v) is 7.40. The van der Waals surface area contributed by atoms with Gasteiger partial charge in [0.15, 0.2) is 11.6 Å². The van der Waals surface area contributed by atoms with Gasteiger partial charge in [-0.3, -0.25) is 9.48 Å². The van der Waals surface area contributed by atoms with Crippen LogP contribution in [0.15, 0.2) is 53.1 Å². The van der Waals surface area contributed by atoms with Gasteiger partial charge in [0.25, 0.3) is 0 Å². The van der Waals surface area contributed by atoms with E-state index in [4.69, 9.17) is 9.15 Å². The molecule has 0 fully saturated rings. The van der Waals surface area contributed by atoms with Crippen LogP contribution in [0.1, 0.15) is 22.0 Å². The van der Waals surface area contributed by atoms with Gasteiger partial charge in [-0.15, -0.1) is 0 Å². The summed E-state index contributed by atoms with van der Waals surface area (Å²) in [5, 5.41) is 4.01. The van der Waals surface area contributed by atoms with Gasteiger partial charge in [0.1, 0.15) is 29.6 Å². The second kappa shape index (κ2) is 7.12. The van der Waals surface area contributed by atoms with Crippen molar-refractivity contribution in [2.75, 3.05) is 0 Å². The average Bonchev–Trinajstić information content (AvgIpc) is 3.21. The van der Waals surface area contributed by atoms with Gasteiger partial charge in [-0.05, 0) is 42.5 Å². The molecule has 1 aromatic carbocycles. The van der Waals surface area contributed by atoms with Gasteiger partial charge >= 0.3 is 0 Å². The lowest BCUT2D eigenvalue weighted by atomic mass is 10.2. The number of ether oxygens (including phenoxy) is 1. The topological polar surface area (TPSA) is 57.3 Å². The molecule has 0 spiro atoms. The largest absolute Gasteiger partial charge is 0.483 e. The summed E-state index contributed by atoms with van der Waals surface area (Å²) in [4.78, 5) is 11.9. The molecule has 5 nitrogen and oxygen atoms in total. The molecule has 0 aliphatic carbocycles. The summed E-state index contributed by atoms with van der Waals surface area (Å²) in [5.74, 6) is -0.889. The summed E-state index contributed by atoms with van der Waals surface area (Å²) < 4.78 is 38.6.